The number of likely N-dealkylation sites (tertiary alicyclic amines) is 1. The van der Waals surface area contributed by atoms with Gasteiger partial charge in [0.25, 0.3) is 0 Å². The van der Waals surface area contributed by atoms with E-state index in [4.69, 9.17) is 5.73 Å². The van der Waals surface area contributed by atoms with E-state index in [1.54, 1.807) is 0 Å². The second-order valence-corrected chi connectivity index (χ2v) is 5.28. The number of hydrogen-bond acceptors (Lipinski definition) is 3. The molecule has 0 atom stereocenters. The third kappa shape index (κ3) is 3.56. The Labute approximate surface area is 112 Å². The number of nitrogens with two attached hydrogens (primary N) is 1. The zero-order valence-electron chi connectivity index (χ0n) is 11.3. The van der Waals surface area contributed by atoms with Gasteiger partial charge < -0.3 is 16.0 Å². The number of benzene rings is 1. The van der Waals surface area contributed by atoms with Gasteiger partial charge >= 0.3 is 0 Å². The van der Waals surface area contributed by atoms with Crippen molar-refractivity contribution in [2.75, 3.05) is 37.2 Å². The molecule has 1 aliphatic rings. The Balaban J connectivity index is 1.84. The summed E-state index contributed by atoms with van der Waals surface area (Å²) in [6.45, 7) is 5.80. The minimum absolute atomic E-state index is 0.0744. The number of hydrogen-bond donors (Lipinski definition) is 2. The molecule has 106 valence electrons. The van der Waals surface area contributed by atoms with Crippen LogP contribution >= 0.6 is 0 Å². The van der Waals surface area contributed by atoms with Crippen molar-refractivity contribution in [3.05, 3.63) is 23.8 Å². The number of nitrogens with one attached hydrogen (secondary N) is 1. The van der Waals surface area contributed by atoms with E-state index in [0.29, 0.717) is 6.54 Å². The van der Waals surface area contributed by atoms with Gasteiger partial charge in [-0.05, 0) is 44.0 Å². The summed E-state index contributed by atoms with van der Waals surface area (Å²) in [5, 5.41) is 2.90. The molecule has 1 aliphatic heterocycles. The highest BCUT2D eigenvalue weighted by Gasteiger charge is 2.16. The van der Waals surface area contributed by atoms with Crippen LogP contribution < -0.4 is 11.1 Å². The average molecular weight is 269 g/mol. The third-order valence-corrected chi connectivity index (χ3v) is 3.73. The van der Waals surface area contributed by atoms with Crippen molar-refractivity contribution in [2.24, 2.45) is 5.92 Å². The molecule has 3 N–H and O–H groups in total. The fraction of sp³-hybridized carbons (Fsp3) is 0.571. The standard InChI is InChI=1S/C14H21F2N3/c1-10-4-7-19(8-5-10)9-6-18-14-12(17)3-2-11(15)13(14)16/h2-3,10,18H,4-9,17H2,1H3. The summed E-state index contributed by atoms with van der Waals surface area (Å²) in [6.07, 6.45) is 2.41. The number of anilines is 2. The molecule has 0 amide bonds. The van der Waals surface area contributed by atoms with Crippen LogP contribution in [-0.4, -0.2) is 31.1 Å². The average Bonchev–Trinajstić information content (AvgIpc) is 2.40. The summed E-state index contributed by atoms with van der Waals surface area (Å²) in [5.74, 6) is -0.976. The van der Waals surface area contributed by atoms with Crippen LogP contribution in [0, 0.1) is 17.6 Å². The lowest BCUT2D eigenvalue weighted by atomic mass is 9.99. The zero-order chi connectivity index (χ0) is 13.8. The Bertz CT molecular complexity index is 429. The highest BCUT2D eigenvalue weighted by Crippen LogP contribution is 2.24. The second-order valence-electron chi connectivity index (χ2n) is 5.28. The molecule has 2 rings (SSSR count). The third-order valence-electron chi connectivity index (χ3n) is 3.73. The molecule has 0 spiro atoms. The zero-order valence-corrected chi connectivity index (χ0v) is 11.3. The predicted octanol–water partition coefficient (Wildman–Crippen LogP) is 2.69. The monoisotopic (exact) mass is 269 g/mol. The van der Waals surface area contributed by atoms with Crippen molar-refractivity contribution in [1.82, 2.24) is 4.90 Å². The molecule has 1 saturated heterocycles. The van der Waals surface area contributed by atoms with Crippen LogP contribution in [0.5, 0.6) is 0 Å². The molecule has 0 bridgehead atoms. The Morgan fingerprint density at radius 1 is 1.32 bits per heavy atom. The normalized spacial score (nSPS) is 17.6. The van der Waals surface area contributed by atoms with Gasteiger partial charge in [0.05, 0.1) is 11.4 Å². The number of halogens is 2. The van der Waals surface area contributed by atoms with Gasteiger partial charge in [-0.3, -0.25) is 0 Å². The Morgan fingerprint density at radius 2 is 2.00 bits per heavy atom. The van der Waals surface area contributed by atoms with E-state index >= 15 is 0 Å². The fourth-order valence-electron chi connectivity index (χ4n) is 2.37. The first kappa shape index (κ1) is 14.1. The first-order valence-corrected chi connectivity index (χ1v) is 6.77. The summed E-state index contributed by atoms with van der Waals surface area (Å²) >= 11 is 0. The van der Waals surface area contributed by atoms with Crippen LogP contribution in [0.4, 0.5) is 20.2 Å². The lowest BCUT2D eigenvalue weighted by Gasteiger charge is -2.30. The van der Waals surface area contributed by atoms with Crippen molar-refractivity contribution in [2.45, 2.75) is 19.8 Å². The van der Waals surface area contributed by atoms with E-state index in [-0.39, 0.29) is 11.4 Å². The summed E-state index contributed by atoms with van der Waals surface area (Å²) in [6, 6.07) is 2.42. The molecule has 0 aliphatic carbocycles. The first-order chi connectivity index (χ1) is 9.08. The van der Waals surface area contributed by atoms with Crippen molar-refractivity contribution in [3.8, 4) is 0 Å². The molecule has 1 heterocycles. The van der Waals surface area contributed by atoms with Gasteiger partial charge in [-0.15, -0.1) is 0 Å². The largest absolute Gasteiger partial charge is 0.397 e. The van der Waals surface area contributed by atoms with Crippen LogP contribution in [0.25, 0.3) is 0 Å². The summed E-state index contributed by atoms with van der Waals surface area (Å²) in [7, 11) is 0. The maximum Gasteiger partial charge on any atom is 0.183 e. The molecule has 0 saturated carbocycles. The highest BCUT2D eigenvalue weighted by atomic mass is 19.2. The molecule has 19 heavy (non-hydrogen) atoms. The van der Waals surface area contributed by atoms with Gasteiger partial charge in [-0.2, -0.15) is 0 Å². The molecule has 0 unspecified atom stereocenters. The maximum absolute atomic E-state index is 13.5. The van der Waals surface area contributed by atoms with E-state index in [1.807, 2.05) is 0 Å². The van der Waals surface area contributed by atoms with Gasteiger partial charge in [-0.25, -0.2) is 8.78 Å². The molecular formula is C14H21F2N3. The van der Waals surface area contributed by atoms with Gasteiger partial charge in [0.2, 0.25) is 0 Å². The molecular weight excluding hydrogens is 248 g/mol. The van der Waals surface area contributed by atoms with E-state index in [1.165, 1.54) is 18.9 Å². The van der Waals surface area contributed by atoms with Crippen LogP contribution in [-0.2, 0) is 0 Å². The van der Waals surface area contributed by atoms with Crippen LogP contribution in [0.15, 0.2) is 12.1 Å². The van der Waals surface area contributed by atoms with Gasteiger partial charge in [0, 0.05) is 13.1 Å². The fourth-order valence-corrected chi connectivity index (χ4v) is 2.37. The first-order valence-electron chi connectivity index (χ1n) is 6.77. The van der Waals surface area contributed by atoms with Crippen LogP contribution in [0.2, 0.25) is 0 Å². The molecule has 0 radical (unpaired) electrons. The highest BCUT2D eigenvalue weighted by molar-refractivity contribution is 5.66. The smallest absolute Gasteiger partial charge is 0.183 e. The van der Waals surface area contributed by atoms with Crippen LogP contribution in [0.3, 0.4) is 0 Å². The second kappa shape index (κ2) is 6.19. The minimum atomic E-state index is -0.896. The van der Waals surface area contributed by atoms with E-state index in [9.17, 15) is 8.78 Å². The summed E-state index contributed by atoms with van der Waals surface area (Å²) in [5.41, 5.74) is 5.96. The van der Waals surface area contributed by atoms with Crippen molar-refractivity contribution < 1.29 is 8.78 Å². The van der Waals surface area contributed by atoms with E-state index in [2.05, 4.69) is 17.1 Å². The Morgan fingerprint density at radius 3 is 2.68 bits per heavy atom. The van der Waals surface area contributed by atoms with Crippen molar-refractivity contribution in [1.29, 1.82) is 0 Å². The molecule has 0 aromatic heterocycles. The molecule has 1 aromatic rings. The number of nitrogen functional groups attached to an aromatic ring is 1. The molecule has 3 nitrogen and oxygen atoms in total. The lowest BCUT2D eigenvalue weighted by Crippen LogP contribution is -2.36. The SMILES string of the molecule is CC1CCN(CCNc2c(N)ccc(F)c2F)CC1. The lowest BCUT2D eigenvalue weighted by molar-refractivity contribution is 0.199. The predicted molar refractivity (Wildman–Crippen MR) is 74.1 cm³/mol. The Hall–Kier alpha value is -1.36. The van der Waals surface area contributed by atoms with Crippen molar-refractivity contribution in [3.63, 3.8) is 0 Å². The van der Waals surface area contributed by atoms with Crippen molar-refractivity contribution >= 4 is 11.4 Å². The van der Waals surface area contributed by atoms with E-state index in [0.717, 1.165) is 31.6 Å². The topological polar surface area (TPSA) is 41.3 Å². The Kier molecular flexibility index (Phi) is 4.58. The quantitative estimate of drug-likeness (QED) is 0.826. The van der Waals surface area contributed by atoms with Gasteiger partial charge in [0.1, 0.15) is 0 Å². The summed E-state index contributed by atoms with van der Waals surface area (Å²) < 4.78 is 26.7. The maximum atomic E-state index is 13.5. The minimum Gasteiger partial charge on any atom is -0.397 e. The molecule has 1 fully saturated rings. The van der Waals surface area contributed by atoms with Gasteiger partial charge in [-0.1, -0.05) is 6.92 Å². The molecule has 5 heteroatoms. The number of nitrogens with zero attached hydrogens (tertiary/aromatic N) is 1. The molecule has 1 aromatic carbocycles. The van der Waals surface area contributed by atoms with E-state index < -0.39 is 11.6 Å². The summed E-state index contributed by atoms with van der Waals surface area (Å²) in [4.78, 5) is 2.33. The number of piperidine rings is 1. The van der Waals surface area contributed by atoms with Crippen LogP contribution in [0.1, 0.15) is 19.8 Å². The number of rotatable bonds is 4. The van der Waals surface area contributed by atoms with Gasteiger partial charge in [0.15, 0.2) is 11.6 Å².